The zero-order chi connectivity index (χ0) is 22.0. The first-order valence-corrected chi connectivity index (χ1v) is 10.4. The Morgan fingerprint density at radius 2 is 1.87 bits per heavy atom. The molecule has 1 atom stereocenters. The number of aromatic nitrogens is 1. The summed E-state index contributed by atoms with van der Waals surface area (Å²) in [5.41, 5.74) is 1.02. The molecule has 4 rings (SSSR count). The average Bonchev–Trinajstić information content (AvgIpc) is 2.75. The quantitative estimate of drug-likeness (QED) is 0.379. The largest absolute Gasteiger partial charge is 0.437 e. The molecule has 1 aromatic heterocycles. The van der Waals surface area contributed by atoms with E-state index in [4.69, 9.17) is 16.3 Å². The Morgan fingerprint density at radius 1 is 1.06 bits per heavy atom. The van der Waals surface area contributed by atoms with Gasteiger partial charge in [-0.2, -0.15) is 0 Å². The van der Waals surface area contributed by atoms with Crippen molar-refractivity contribution in [1.82, 2.24) is 4.98 Å². The van der Waals surface area contributed by atoms with Gasteiger partial charge in [-0.1, -0.05) is 35.9 Å². The van der Waals surface area contributed by atoms with Crippen molar-refractivity contribution in [2.45, 2.75) is 4.90 Å². The average molecular weight is 457 g/mol. The molecule has 1 amide bonds. The summed E-state index contributed by atoms with van der Waals surface area (Å²) in [5.74, 6) is -0.959. The van der Waals surface area contributed by atoms with Crippen LogP contribution in [-0.2, 0) is 11.1 Å². The molecule has 0 radical (unpaired) electrons. The van der Waals surface area contributed by atoms with E-state index in [2.05, 4.69) is 10.3 Å². The lowest BCUT2D eigenvalue weighted by molar-refractivity contribution is 0.102. The minimum atomic E-state index is -2.19. The fourth-order valence-electron chi connectivity index (χ4n) is 2.88. The van der Waals surface area contributed by atoms with Crippen molar-refractivity contribution in [1.29, 1.82) is 0 Å². The molecule has 1 unspecified atom stereocenters. The lowest BCUT2D eigenvalue weighted by Gasteiger charge is -2.13. The Hall–Kier alpha value is -3.33. The number of hydrogen-bond acceptors (Lipinski definition) is 4. The summed E-state index contributed by atoms with van der Waals surface area (Å²) in [5, 5.41) is 3.40. The SMILES string of the molecule is O=C(Nc1cccc(S(=O)O)c1)c1cc2ccccc2nc1Oc1ccc(F)cc1Cl. The standard InChI is InChI=1S/C22H14ClFN2O4S/c23-18-11-14(24)8-9-20(18)30-22-17(10-13-4-1-2-7-19(13)26-22)21(27)25-15-5-3-6-16(12-15)31(28)29/h1-12H,(H,25,27)(H,28,29). The van der Waals surface area contributed by atoms with Crippen LogP contribution in [-0.4, -0.2) is 19.7 Å². The Balaban J connectivity index is 1.74. The van der Waals surface area contributed by atoms with Crippen LogP contribution in [0.1, 0.15) is 10.4 Å². The maximum Gasteiger partial charge on any atom is 0.261 e. The van der Waals surface area contributed by atoms with Crippen LogP contribution in [0.5, 0.6) is 11.6 Å². The van der Waals surface area contributed by atoms with E-state index in [1.54, 1.807) is 36.4 Å². The van der Waals surface area contributed by atoms with E-state index in [0.717, 1.165) is 6.07 Å². The number of benzene rings is 3. The molecule has 2 N–H and O–H groups in total. The van der Waals surface area contributed by atoms with E-state index in [0.29, 0.717) is 16.6 Å². The van der Waals surface area contributed by atoms with Gasteiger partial charge < -0.3 is 14.6 Å². The van der Waals surface area contributed by atoms with Crippen LogP contribution in [0.25, 0.3) is 10.9 Å². The van der Waals surface area contributed by atoms with Gasteiger partial charge in [0, 0.05) is 11.1 Å². The molecule has 0 spiro atoms. The molecule has 0 fully saturated rings. The van der Waals surface area contributed by atoms with Crippen molar-refractivity contribution in [3.05, 3.63) is 89.2 Å². The van der Waals surface area contributed by atoms with Crippen LogP contribution in [0.2, 0.25) is 5.02 Å². The summed E-state index contributed by atoms with van der Waals surface area (Å²) in [6.45, 7) is 0. The van der Waals surface area contributed by atoms with E-state index in [1.165, 1.54) is 24.3 Å². The molecule has 0 bridgehead atoms. The predicted molar refractivity (Wildman–Crippen MR) is 117 cm³/mol. The number of fused-ring (bicyclic) bond motifs is 1. The summed E-state index contributed by atoms with van der Waals surface area (Å²) >= 11 is 3.87. The van der Waals surface area contributed by atoms with Gasteiger partial charge in [0.2, 0.25) is 5.88 Å². The number of ether oxygens (including phenoxy) is 1. The zero-order valence-corrected chi connectivity index (χ0v) is 17.3. The summed E-state index contributed by atoms with van der Waals surface area (Å²) < 4.78 is 39.7. The van der Waals surface area contributed by atoms with Crippen LogP contribution in [0, 0.1) is 5.82 Å². The number of amides is 1. The van der Waals surface area contributed by atoms with Crippen LogP contribution in [0.3, 0.4) is 0 Å². The van der Waals surface area contributed by atoms with Gasteiger partial charge in [-0.25, -0.2) is 13.6 Å². The number of para-hydroxylation sites is 1. The predicted octanol–water partition coefficient (Wildman–Crippen LogP) is 5.65. The summed E-state index contributed by atoms with van der Waals surface area (Å²) in [6.07, 6.45) is 0. The van der Waals surface area contributed by atoms with E-state index in [-0.39, 0.29) is 27.1 Å². The smallest absolute Gasteiger partial charge is 0.261 e. The molecular formula is C22H14ClFN2O4S. The summed E-state index contributed by atoms with van der Waals surface area (Å²) in [4.78, 5) is 17.6. The number of pyridine rings is 1. The zero-order valence-electron chi connectivity index (χ0n) is 15.7. The van der Waals surface area contributed by atoms with E-state index in [1.807, 2.05) is 6.07 Å². The van der Waals surface area contributed by atoms with E-state index in [9.17, 15) is 17.9 Å². The number of rotatable bonds is 5. The first-order chi connectivity index (χ1) is 14.9. The Labute approximate surface area is 183 Å². The first-order valence-electron chi connectivity index (χ1n) is 8.96. The van der Waals surface area contributed by atoms with Gasteiger partial charge in [-0.3, -0.25) is 4.79 Å². The molecule has 3 aromatic carbocycles. The van der Waals surface area contributed by atoms with Crippen molar-refractivity contribution in [3.63, 3.8) is 0 Å². The monoisotopic (exact) mass is 456 g/mol. The van der Waals surface area contributed by atoms with Gasteiger partial charge in [-0.15, -0.1) is 0 Å². The lowest BCUT2D eigenvalue weighted by Crippen LogP contribution is -2.14. The van der Waals surface area contributed by atoms with Crippen molar-refractivity contribution < 1.29 is 22.7 Å². The highest BCUT2D eigenvalue weighted by atomic mass is 35.5. The van der Waals surface area contributed by atoms with Crippen molar-refractivity contribution in [3.8, 4) is 11.6 Å². The van der Waals surface area contributed by atoms with Crippen LogP contribution < -0.4 is 10.1 Å². The van der Waals surface area contributed by atoms with Gasteiger partial charge in [0.1, 0.15) is 17.1 Å². The normalized spacial score (nSPS) is 11.8. The molecule has 0 aliphatic rings. The van der Waals surface area contributed by atoms with Crippen molar-refractivity contribution in [2.75, 3.05) is 5.32 Å². The van der Waals surface area contributed by atoms with Crippen LogP contribution in [0.4, 0.5) is 10.1 Å². The number of carbonyl (C=O) groups excluding carboxylic acids is 1. The maximum absolute atomic E-state index is 13.4. The van der Waals surface area contributed by atoms with Crippen LogP contribution in [0.15, 0.2) is 77.7 Å². The van der Waals surface area contributed by atoms with Gasteiger partial charge in [0.15, 0.2) is 11.1 Å². The highest BCUT2D eigenvalue weighted by molar-refractivity contribution is 7.79. The van der Waals surface area contributed by atoms with E-state index < -0.39 is 22.8 Å². The molecular weight excluding hydrogens is 443 g/mol. The molecule has 9 heteroatoms. The Bertz CT molecular complexity index is 1330. The number of anilines is 1. The third kappa shape index (κ3) is 4.72. The second-order valence-corrected chi connectivity index (χ2v) is 7.82. The van der Waals surface area contributed by atoms with Crippen LogP contribution >= 0.6 is 11.6 Å². The summed E-state index contributed by atoms with van der Waals surface area (Å²) in [7, 11) is 0. The molecule has 0 saturated carbocycles. The molecule has 156 valence electrons. The molecule has 4 aromatic rings. The number of carbonyl (C=O) groups is 1. The maximum atomic E-state index is 13.4. The highest BCUT2D eigenvalue weighted by Crippen LogP contribution is 2.32. The molecule has 31 heavy (non-hydrogen) atoms. The van der Waals surface area contributed by atoms with Gasteiger partial charge in [0.25, 0.3) is 5.91 Å². The van der Waals surface area contributed by atoms with Gasteiger partial charge in [-0.05, 0) is 48.5 Å². The number of nitrogens with zero attached hydrogens (tertiary/aromatic N) is 1. The molecule has 0 aliphatic carbocycles. The minimum absolute atomic E-state index is 0.0217. The third-order valence-electron chi connectivity index (χ3n) is 4.33. The summed E-state index contributed by atoms with van der Waals surface area (Å²) in [6, 6.07) is 18.4. The van der Waals surface area contributed by atoms with E-state index >= 15 is 0 Å². The second-order valence-electron chi connectivity index (χ2n) is 6.44. The fourth-order valence-corrected chi connectivity index (χ4v) is 3.51. The Kier molecular flexibility index (Phi) is 5.94. The van der Waals surface area contributed by atoms with Crippen molar-refractivity contribution in [2.24, 2.45) is 0 Å². The Morgan fingerprint density at radius 3 is 2.65 bits per heavy atom. The number of halogens is 2. The lowest BCUT2D eigenvalue weighted by atomic mass is 10.1. The van der Waals surface area contributed by atoms with Gasteiger partial charge >= 0.3 is 0 Å². The van der Waals surface area contributed by atoms with Crippen molar-refractivity contribution >= 4 is 45.2 Å². The number of nitrogens with one attached hydrogen (secondary N) is 1. The molecule has 6 nitrogen and oxygen atoms in total. The third-order valence-corrected chi connectivity index (χ3v) is 5.28. The fraction of sp³-hybridized carbons (Fsp3) is 0. The highest BCUT2D eigenvalue weighted by Gasteiger charge is 2.18. The molecule has 0 aliphatic heterocycles. The first kappa shape index (κ1) is 20.9. The second kappa shape index (κ2) is 8.81. The minimum Gasteiger partial charge on any atom is -0.437 e. The topological polar surface area (TPSA) is 88.5 Å². The number of hydrogen-bond donors (Lipinski definition) is 2. The van der Waals surface area contributed by atoms with Gasteiger partial charge in [0.05, 0.1) is 15.4 Å². The molecule has 1 heterocycles. The molecule has 0 saturated heterocycles.